The van der Waals surface area contributed by atoms with Crippen molar-refractivity contribution >= 4 is 45.3 Å². The first kappa shape index (κ1) is 47.7. The van der Waals surface area contributed by atoms with E-state index in [-0.39, 0.29) is 33.2 Å². The molecule has 68 heavy (non-hydrogen) atoms. The van der Waals surface area contributed by atoms with E-state index in [4.69, 9.17) is 19.4 Å². The molecule has 8 aromatic rings. The van der Waals surface area contributed by atoms with Crippen molar-refractivity contribution in [1.29, 1.82) is 0 Å². The third-order valence-electron chi connectivity index (χ3n) is 12.6. The van der Waals surface area contributed by atoms with Gasteiger partial charge in [-0.1, -0.05) is 132 Å². The van der Waals surface area contributed by atoms with Gasteiger partial charge >= 0.3 is 0 Å². The van der Waals surface area contributed by atoms with Crippen LogP contribution in [-0.2, 0) is 47.3 Å². The number of benzene rings is 4. The maximum atomic E-state index is 12.7. The number of fused-ring (bicyclic) bond motifs is 8. The average Bonchev–Trinajstić information content (AvgIpc) is 4.10. The lowest BCUT2D eigenvalue weighted by atomic mass is 9.79. The summed E-state index contributed by atoms with van der Waals surface area (Å²) in [6.45, 7) is 26.6. The summed E-state index contributed by atoms with van der Waals surface area (Å²) in [5, 5.41) is 36.5. The van der Waals surface area contributed by atoms with Gasteiger partial charge in [-0.25, -0.2) is 9.97 Å². The molecule has 0 fully saturated rings. The van der Waals surface area contributed by atoms with Crippen molar-refractivity contribution in [3.8, 4) is 54.8 Å². The van der Waals surface area contributed by atoms with Gasteiger partial charge in [0.15, 0.2) is 20.0 Å². The molecule has 2 N–H and O–H groups in total. The molecule has 8 nitrogen and oxygen atoms in total. The average molecular weight is 981 g/mol. The zero-order chi connectivity index (χ0) is 48.5. The predicted molar refractivity (Wildman–Crippen MR) is 282 cm³/mol. The Morgan fingerprint density at radius 2 is 0.676 bits per heavy atom. The van der Waals surface area contributed by atoms with Crippen molar-refractivity contribution in [3.63, 3.8) is 0 Å². The molecule has 4 heterocycles. The summed E-state index contributed by atoms with van der Waals surface area (Å²) in [6, 6.07) is 17.6. The summed E-state index contributed by atoms with van der Waals surface area (Å²) in [6.07, 6.45) is 5.10. The second-order valence-electron chi connectivity index (χ2n) is 22.1. The molecular weight excluding hydrogens is 921 g/mol. The summed E-state index contributed by atoms with van der Waals surface area (Å²) in [4.78, 5) is 18.9. The highest BCUT2D eigenvalue weighted by molar-refractivity contribution is 7.20. The van der Waals surface area contributed by atoms with Crippen LogP contribution in [0.5, 0.6) is 34.8 Å². The van der Waals surface area contributed by atoms with Crippen molar-refractivity contribution < 1.29 is 19.7 Å². The second-order valence-corrected chi connectivity index (χ2v) is 25.6. The minimum absolute atomic E-state index is 0.231. The zero-order valence-electron chi connectivity index (χ0n) is 41.0. The van der Waals surface area contributed by atoms with E-state index in [2.05, 4.69) is 142 Å². The van der Waals surface area contributed by atoms with E-state index >= 15 is 0 Å². The quantitative estimate of drug-likeness (QED) is 0.170. The van der Waals surface area contributed by atoms with Gasteiger partial charge in [-0.15, -0.1) is 45.3 Å². The summed E-state index contributed by atoms with van der Waals surface area (Å²) in [5.74, 6) is 2.76. The summed E-state index contributed by atoms with van der Waals surface area (Å²) in [5.41, 5.74) is 10.4. The summed E-state index contributed by atoms with van der Waals surface area (Å²) >= 11 is 6.08. The van der Waals surface area contributed by atoms with Crippen molar-refractivity contribution in [3.05, 3.63) is 149 Å². The van der Waals surface area contributed by atoms with Crippen LogP contribution in [0.25, 0.3) is 20.0 Å². The first-order chi connectivity index (χ1) is 32.0. The number of aromatic hydroxyl groups is 2. The molecule has 0 spiro atoms. The van der Waals surface area contributed by atoms with Crippen molar-refractivity contribution in [2.45, 2.75) is 130 Å². The standard InChI is InChI=1S/C56H60N4O4S4/c1-53(2,3)39-21-31-17-35-25-41(55(7,8)9)27-37(47(35)63-43-29-67-51(59-43)49-57-13-15-65-49)19-33-23-40(54(4,5)6)24-34(46(33)62)20-38-28-42(56(10,11)12)26-36(18-32(22-39)45(31)61)48(38)64-44-30-68-52(60-44)50-58-14-16-66-50/h13-16,21-30,61-62H,17-20H2,1-12H3. The van der Waals surface area contributed by atoms with Crippen LogP contribution >= 0.6 is 45.3 Å². The van der Waals surface area contributed by atoms with Crippen molar-refractivity contribution in [2.24, 2.45) is 0 Å². The van der Waals surface area contributed by atoms with E-state index in [0.717, 1.165) is 86.8 Å². The first-order valence-corrected chi connectivity index (χ1v) is 26.6. The Bertz CT molecular complexity index is 2830. The summed E-state index contributed by atoms with van der Waals surface area (Å²) < 4.78 is 14.0. The van der Waals surface area contributed by atoms with Gasteiger partial charge in [0.05, 0.1) is 10.8 Å². The van der Waals surface area contributed by atoms with Gasteiger partial charge in [-0.05, 0) is 88.4 Å². The highest BCUT2D eigenvalue weighted by Crippen LogP contribution is 2.46. The highest BCUT2D eigenvalue weighted by atomic mass is 32.1. The molecule has 0 amide bonds. The lowest BCUT2D eigenvalue weighted by Crippen LogP contribution is -2.16. The smallest absolute Gasteiger partial charge is 0.230 e. The molecule has 0 saturated carbocycles. The third kappa shape index (κ3) is 10.0. The fraction of sp³-hybridized carbons (Fsp3) is 0.357. The first-order valence-electron chi connectivity index (χ1n) is 23.1. The van der Waals surface area contributed by atoms with Crippen LogP contribution in [0.4, 0.5) is 0 Å². The van der Waals surface area contributed by atoms with Crippen molar-refractivity contribution in [2.75, 3.05) is 0 Å². The number of rotatable bonds is 6. The molecule has 9 rings (SSSR count). The fourth-order valence-corrected chi connectivity index (χ4v) is 11.4. The SMILES string of the molecule is CC(C)(C)c1cc2c(O)c(c1)Cc1cc(C(C)(C)C)cc(c1Oc1csc(-c3nccs3)n1)Cc1cc(C(C)(C)C)cc(c1O)Cc1cc(C(C)(C)C)cc(c1Oc1csc(-c3nccs3)n1)C2. The topological polar surface area (TPSA) is 110 Å². The zero-order valence-corrected chi connectivity index (χ0v) is 44.3. The predicted octanol–water partition coefficient (Wildman–Crippen LogP) is 15.7. The van der Waals surface area contributed by atoms with Gasteiger partial charge in [-0.3, -0.25) is 0 Å². The van der Waals surface area contributed by atoms with Crippen LogP contribution in [0.1, 0.15) is 150 Å². The molecule has 0 atom stereocenters. The van der Waals surface area contributed by atoms with E-state index < -0.39 is 0 Å². The van der Waals surface area contributed by atoms with Crippen LogP contribution in [-0.4, -0.2) is 30.1 Å². The normalized spacial score (nSPS) is 13.5. The molecule has 0 saturated heterocycles. The lowest BCUT2D eigenvalue weighted by molar-refractivity contribution is 0.445. The van der Waals surface area contributed by atoms with Crippen LogP contribution in [0.15, 0.2) is 82.4 Å². The molecule has 4 aromatic heterocycles. The largest absolute Gasteiger partial charge is 0.507 e. The molecule has 4 aromatic carbocycles. The molecule has 0 unspecified atom stereocenters. The van der Waals surface area contributed by atoms with Crippen LogP contribution in [0, 0.1) is 0 Å². The van der Waals surface area contributed by atoms with Gasteiger partial charge in [0.2, 0.25) is 11.8 Å². The molecule has 1 aliphatic carbocycles. The fourth-order valence-electron chi connectivity index (χ4n) is 8.58. The van der Waals surface area contributed by atoms with Gasteiger partial charge in [0.1, 0.15) is 23.0 Å². The van der Waals surface area contributed by atoms with Crippen molar-refractivity contribution in [1.82, 2.24) is 19.9 Å². The minimum Gasteiger partial charge on any atom is -0.507 e. The Morgan fingerprint density at radius 1 is 0.397 bits per heavy atom. The Balaban J connectivity index is 1.32. The Kier molecular flexibility index (Phi) is 12.5. The van der Waals surface area contributed by atoms with Crippen LogP contribution < -0.4 is 9.47 Å². The molecular formula is C56H60N4O4S4. The van der Waals surface area contributed by atoms with Crippen LogP contribution in [0.2, 0.25) is 0 Å². The lowest BCUT2D eigenvalue weighted by Gasteiger charge is -2.28. The van der Waals surface area contributed by atoms with Gasteiger partial charge in [0.25, 0.3) is 0 Å². The monoisotopic (exact) mass is 980 g/mol. The van der Waals surface area contributed by atoms with Gasteiger partial charge in [0, 0.05) is 48.8 Å². The number of phenols is 2. The molecule has 352 valence electrons. The molecule has 0 aliphatic heterocycles. The molecule has 12 heteroatoms. The number of ether oxygens (including phenoxy) is 2. The molecule has 8 bridgehead atoms. The third-order valence-corrected chi connectivity index (χ3v) is 16.1. The highest BCUT2D eigenvalue weighted by Gasteiger charge is 2.29. The Labute approximate surface area is 416 Å². The summed E-state index contributed by atoms with van der Waals surface area (Å²) in [7, 11) is 0. The maximum Gasteiger partial charge on any atom is 0.230 e. The van der Waals surface area contributed by atoms with Gasteiger partial charge in [-0.2, -0.15) is 9.97 Å². The Hall–Kier alpha value is -5.40. The number of aromatic nitrogens is 4. The van der Waals surface area contributed by atoms with E-state index in [1.54, 1.807) is 35.1 Å². The maximum absolute atomic E-state index is 12.7. The minimum atomic E-state index is -0.238. The number of thiazole rings is 4. The number of hydrogen-bond donors (Lipinski definition) is 2. The Morgan fingerprint density at radius 3 is 0.926 bits per heavy atom. The number of hydrogen-bond acceptors (Lipinski definition) is 12. The second kappa shape index (κ2) is 17.8. The van der Waals surface area contributed by atoms with Gasteiger partial charge < -0.3 is 19.7 Å². The van der Waals surface area contributed by atoms with E-state index in [1.165, 1.54) is 22.7 Å². The van der Waals surface area contributed by atoms with E-state index in [0.29, 0.717) is 48.9 Å². The number of phenolic OH excluding ortho intramolecular Hbond substituents is 2. The number of nitrogens with zero attached hydrogens (tertiary/aromatic N) is 4. The molecule has 1 aliphatic rings. The van der Waals surface area contributed by atoms with Crippen LogP contribution in [0.3, 0.4) is 0 Å². The van der Waals surface area contributed by atoms with E-state index in [1.807, 2.05) is 21.5 Å². The van der Waals surface area contributed by atoms with E-state index in [9.17, 15) is 10.2 Å². The molecule has 0 radical (unpaired) electrons.